The molecule has 0 aliphatic carbocycles. The number of rotatable bonds is 5. The van der Waals surface area contributed by atoms with Crippen molar-refractivity contribution >= 4 is 33.5 Å². The first-order valence-electron chi connectivity index (χ1n) is 6.27. The maximum atomic E-state index is 6.23. The number of anilines is 1. The quantitative estimate of drug-likeness (QED) is 0.822. The number of aromatic nitrogens is 2. The van der Waals surface area contributed by atoms with Crippen LogP contribution in [0, 0.1) is 13.8 Å². The predicted octanol–water partition coefficient (Wildman–Crippen LogP) is 3.96. The molecule has 1 heterocycles. The summed E-state index contributed by atoms with van der Waals surface area (Å²) in [6.07, 6.45) is 1.97. The van der Waals surface area contributed by atoms with Gasteiger partial charge < -0.3 is 10.1 Å². The van der Waals surface area contributed by atoms with Crippen LogP contribution in [0.2, 0.25) is 5.02 Å². The first-order chi connectivity index (χ1) is 9.52. The van der Waals surface area contributed by atoms with Crippen molar-refractivity contribution in [2.75, 3.05) is 25.6 Å². The fourth-order valence-electron chi connectivity index (χ4n) is 1.89. The smallest absolute Gasteiger partial charge is 0.207 e. The fourth-order valence-corrected chi connectivity index (χ4v) is 2.70. The number of nitrogens with one attached hydrogen (secondary N) is 1. The van der Waals surface area contributed by atoms with E-state index in [4.69, 9.17) is 16.3 Å². The number of hydrogen-bond acceptors (Lipinski definition) is 3. The largest absolute Gasteiger partial charge is 0.383 e. The Balaban J connectivity index is 2.39. The Kier molecular flexibility index (Phi) is 5.07. The van der Waals surface area contributed by atoms with Gasteiger partial charge >= 0.3 is 0 Å². The lowest BCUT2D eigenvalue weighted by molar-refractivity contribution is 0.210. The van der Waals surface area contributed by atoms with Crippen molar-refractivity contribution in [3.63, 3.8) is 0 Å². The van der Waals surface area contributed by atoms with Crippen LogP contribution in [0.15, 0.2) is 22.8 Å². The predicted molar refractivity (Wildman–Crippen MR) is 86.1 cm³/mol. The summed E-state index contributed by atoms with van der Waals surface area (Å²) in [5, 5.41) is 3.99. The van der Waals surface area contributed by atoms with Crippen LogP contribution in [-0.4, -0.2) is 29.8 Å². The maximum Gasteiger partial charge on any atom is 0.207 e. The molecule has 0 aliphatic rings. The van der Waals surface area contributed by atoms with E-state index in [-0.39, 0.29) is 0 Å². The molecule has 2 rings (SSSR count). The van der Waals surface area contributed by atoms with Crippen LogP contribution >= 0.6 is 27.5 Å². The summed E-state index contributed by atoms with van der Waals surface area (Å²) in [6, 6.07) is 3.94. The summed E-state index contributed by atoms with van der Waals surface area (Å²) in [4.78, 5) is 4.48. The number of ether oxygens (including phenoxy) is 1. The number of imidazole rings is 1. The zero-order chi connectivity index (χ0) is 14.7. The molecule has 0 aliphatic heterocycles. The summed E-state index contributed by atoms with van der Waals surface area (Å²) >= 11 is 9.81. The van der Waals surface area contributed by atoms with E-state index >= 15 is 0 Å². The van der Waals surface area contributed by atoms with E-state index in [0.717, 1.165) is 32.4 Å². The van der Waals surface area contributed by atoms with Gasteiger partial charge in [-0.3, -0.25) is 4.57 Å². The van der Waals surface area contributed by atoms with E-state index in [2.05, 4.69) is 26.2 Å². The number of methoxy groups -OCH3 is 1. The molecule has 0 fully saturated rings. The molecule has 2 aromatic rings. The molecule has 6 heteroatoms. The minimum Gasteiger partial charge on any atom is -0.383 e. The van der Waals surface area contributed by atoms with Gasteiger partial charge in [-0.1, -0.05) is 11.6 Å². The van der Waals surface area contributed by atoms with E-state index in [1.165, 1.54) is 0 Å². The average molecular weight is 359 g/mol. The minimum absolute atomic E-state index is 0.627. The summed E-state index contributed by atoms with van der Waals surface area (Å²) in [6.45, 7) is 5.27. The first kappa shape index (κ1) is 15.4. The molecule has 1 aromatic carbocycles. The number of aryl methyl sites for hydroxylation is 2. The Morgan fingerprint density at radius 2 is 2.15 bits per heavy atom. The molecule has 0 radical (unpaired) electrons. The Labute approximate surface area is 132 Å². The number of halogens is 2. The molecule has 0 unspecified atom stereocenters. The average Bonchev–Trinajstić information content (AvgIpc) is 2.75. The molecule has 0 saturated heterocycles. The molecule has 0 bridgehead atoms. The van der Waals surface area contributed by atoms with Gasteiger partial charge in [-0.15, -0.1) is 0 Å². The zero-order valence-electron chi connectivity index (χ0n) is 11.7. The van der Waals surface area contributed by atoms with E-state index in [1.807, 2.05) is 36.7 Å². The highest BCUT2D eigenvalue weighted by atomic mass is 79.9. The van der Waals surface area contributed by atoms with Gasteiger partial charge in [0.1, 0.15) is 0 Å². The van der Waals surface area contributed by atoms with Crippen molar-refractivity contribution in [3.8, 4) is 5.69 Å². The van der Waals surface area contributed by atoms with Crippen LogP contribution in [-0.2, 0) is 4.74 Å². The Morgan fingerprint density at radius 1 is 1.40 bits per heavy atom. The lowest BCUT2D eigenvalue weighted by atomic mass is 10.2. The van der Waals surface area contributed by atoms with Crippen molar-refractivity contribution in [3.05, 3.63) is 39.1 Å². The van der Waals surface area contributed by atoms with Gasteiger partial charge in [-0.25, -0.2) is 4.98 Å². The van der Waals surface area contributed by atoms with Crippen LogP contribution in [0.5, 0.6) is 0 Å². The minimum atomic E-state index is 0.627. The van der Waals surface area contributed by atoms with Crippen LogP contribution in [0.4, 0.5) is 5.95 Å². The third-order valence-corrected chi connectivity index (χ3v) is 3.95. The number of hydrogen-bond donors (Lipinski definition) is 1. The molecule has 0 atom stereocenters. The third kappa shape index (κ3) is 3.34. The third-order valence-electron chi connectivity index (χ3n) is 2.90. The highest BCUT2D eigenvalue weighted by Gasteiger charge is 2.12. The van der Waals surface area contributed by atoms with Gasteiger partial charge in [0.25, 0.3) is 0 Å². The summed E-state index contributed by atoms with van der Waals surface area (Å²) in [5.74, 6) is 0.778. The Bertz CT molecular complexity index is 613. The second kappa shape index (κ2) is 6.61. The maximum absolute atomic E-state index is 6.23. The van der Waals surface area contributed by atoms with Gasteiger partial charge in [0.2, 0.25) is 5.95 Å². The van der Waals surface area contributed by atoms with Gasteiger partial charge in [-0.05, 0) is 47.5 Å². The highest BCUT2D eigenvalue weighted by molar-refractivity contribution is 9.10. The molecule has 20 heavy (non-hydrogen) atoms. The molecular formula is C14H17BrClN3O. The second-order valence-corrected chi connectivity index (χ2v) is 5.81. The lowest BCUT2D eigenvalue weighted by Gasteiger charge is -2.12. The Hall–Kier alpha value is -1.04. The molecule has 0 saturated carbocycles. The van der Waals surface area contributed by atoms with Crippen LogP contribution in [0.3, 0.4) is 0 Å². The second-order valence-electron chi connectivity index (χ2n) is 4.55. The van der Waals surface area contributed by atoms with Crippen molar-refractivity contribution in [2.45, 2.75) is 13.8 Å². The lowest BCUT2D eigenvalue weighted by Crippen LogP contribution is -2.11. The molecule has 1 aromatic heterocycles. The van der Waals surface area contributed by atoms with Crippen LogP contribution in [0.1, 0.15) is 11.3 Å². The van der Waals surface area contributed by atoms with Gasteiger partial charge in [0, 0.05) is 29.3 Å². The normalized spacial score (nSPS) is 10.8. The van der Waals surface area contributed by atoms with Gasteiger partial charge in [0.15, 0.2) is 0 Å². The summed E-state index contributed by atoms with van der Waals surface area (Å²) in [5.41, 5.74) is 2.93. The topological polar surface area (TPSA) is 39.1 Å². The number of benzene rings is 1. The van der Waals surface area contributed by atoms with Gasteiger partial charge in [0.05, 0.1) is 18.0 Å². The molecule has 0 spiro atoms. The standard InChI is InChI=1S/C14H17BrClN3O/c1-9-6-11(15)13(7-12(9)16)19-8-10(2)18-14(19)17-4-5-20-3/h6-8H,4-5H2,1-3H3,(H,17,18). The van der Waals surface area contributed by atoms with E-state index in [1.54, 1.807) is 7.11 Å². The SMILES string of the molecule is COCCNc1nc(C)cn1-c1cc(Cl)c(C)cc1Br. The number of nitrogens with zero attached hydrogens (tertiary/aromatic N) is 2. The zero-order valence-corrected chi connectivity index (χ0v) is 14.0. The van der Waals surface area contributed by atoms with Crippen LogP contribution < -0.4 is 5.32 Å². The monoisotopic (exact) mass is 357 g/mol. The van der Waals surface area contributed by atoms with Crippen molar-refractivity contribution < 1.29 is 4.74 Å². The summed E-state index contributed by atoms with van der Waals surface area (Å²) < 4.78 is 8.01. The van der Waals surface area contributed by atoms with E-state index < -0.39 is 0 Å². The first-order valence-corrected chi connectivity index (χ1v) is 7.45. The van der Waals surface area contributed by atoms with Crippen molar-refractivity contribution in [1.29, 1.82) is 0 Å². The fraction of sp³-hybridized carbons (Fsp3) is 0.357. The highest BCUT2D eigenvalue weighted by Crippen LogP contribution is 2.30. The van der Waals surface area contributed by atoms with Gasteiger partial charge in [-0.2, -0.15) is 0 Å². The molecule has 4 nitrogen and oxygen atoms in total. The molecule has 1 N–H and O–H groups in total. The summed E-state index contributed by atoms with van der Waals surface area (Å²) in [7, 11) is 1.68. The van der Waals surface area contributed by atoms with Crippen LogP contribution in [0.25, 0.3) is 5.69 Å². The molecular weight excluding hydrogens is 342 g/mol. The molecule has 0 amide bonds. The molecule has 108 valence electrons. The van der Waals surface area contributed by atoms with Crippen molar-refractivity contribution in [1.82, 2.24) is 9.55 Å². The van der Waals surface area contributed by atoms with E-state index in [9.17, 15) is 0 Å². The van der Waals surface area contributed by atoms with Crippen molar-refractivity contribution in [2.24, 2.45) is 0 Å². The Morgan fingerprint density at radius 3 is 2.85 bits per heavy atom. The van der Waals surface area contributed by atoms with E-state index in [0.29, 0.717) is 13.2 Å².